The number of hydrogen-bond donors (Lipinski definition) is 3. The van der Waals surface area contributed by atoms with E-state index in [1.807, 2.05) is 0 Å². The van der Waals surface area contributed by atoms with Crippen LogP contribution in [0.15, 0.2) is 18.7 Å². The van der Waals surface area contributed by atoms with Crippen LogP contribution in [0, 0.1) is 0 Å². The Balaban J connectivity index is 2.69. The van der Waals surface area contributed by atoms with E-state index in [4.69, 9.17) is 10.2 Å². The van der Waals surface area contributed by atoms with Crippen LogP contribution in [-0.2, 0) is 14.4 Å². The molecule has 3 N–H and O–H groups in total. The van der Waals surface area contributed by atoms with Crippen molar-refractivity contribution in [1.82, 2.24) is 9.71 Å². The molecule has 0 bridgehead atoms. The van der Waals surface area contributed by atoms with Crippen LogP contribution in [0.2, 0.25) is 0 Å². The van der Waals surface area contributed by atoms with Gasteiger partial charge in [-0.25, -0.2) is 14.6 Å². The summed E-state index contributed by atoms with van der Waals surface area (Å²) in [5.74, 6) is -4.46. The van der Waals surface area contributed by atoms with Gasteiger partial charge in [0, 0.05) is 6.20 Å². The second-order valence-electron chi connectivity index (χ2n) is 3.47. The number of carboxylic acid groups (broad SMARTS) is 2. The third kappa shape index (κ3) is 3.56. The lowest BCUT2D eigenvalue weighted by Gasteiger charge is -2.19. The molecule has 1 aromatic rings. The number of carboxylic acids is 2. The lowest BCUT2D eigenvalue weighted by Crippen LogP contribution is -2.44. The summed E-state index contributed by atoms with van der Waals surface area (Å²) >= 11 is 0. The standard InChI is InChI=1S/C9H10N2O7/c12-6(13)3-9(17,8(15)16)4-7(14)18-11-2-1-10-5-11/h1-2,5,17H,3-4H2,(H,12,13)(H,15,16). The molecule has 9 nitrogen and oxygen atoms in total. The van der Waals surface area contributed by atoms with Crippen molar-refractivity contribution in [3.63, 3.8) is 0 Å². The number of hydrogen-bond acceptors (Lipinski definition) is 6. The molecule has 0 spiro atoms. The second kappa shape index (κ2) is 5.27. The fraction of sp³-hybridized carbons (Fsp3) is 0.333. The van der Waals surface area contributed by atoms with Crippen LogP contribution in [0.5, 0.6) is 0 Å². The van der Waals surface area contributed by atoms with Crippen LogP contribution in [0.25, 0.3) is 0 Å². The molecule has 1 rings (SSSR count). The van der Waals surface area contributed by atoms with Gasteiger partial charge < -0.3 is 20.2 Å². The zero-order chi connectivity index (χ0) is 13.8. The molecular weight excluding hydrogens is 248 g/mol. The molecule has 1 unspecified atom stereocenters. The Kier molecular flexibility index (Phi) is 4.00. The molecule has 18 heavy (non-hydrogen) atoms. The summed E-state index contributed by atoms with van der Waals surface area (Å²) in [7, 11) is 0. The summed E-state index contributed by atoms with van der Waals surface area (Å²) < 4.78 is 0.894. The molecule has 0 amide bonds. The molecule has 1 aromatic heterocycles. The highest BCUT2D eigenvalue weighted by Crippen LogP contribution is 2.16. The third-order valence-electron chi connectivity index (χ3n) is 1.97. The molecule has 9 heteroatoms. The number of aromatic nitrogens is 2. The Bertz CT molecular complexity index is 455. The largest absolute Gasteiger partial charge is 0.481 e. The van der Waals surface area contributed by atoms with Crippen molar-refractivity contribution in [2.75, 3.05) is 0 Å². The smallest absolute Gasteiger partial charge is 0.336 e. The molecular formula is C9H10N2O7. The highest BCUT2D eigenvalue weighted by atomic mass is 16.7. The number of carbonyl (C=O) groups is 3. The number of imidazole rings is 1. The van der Waals surface area contributed by atoms with Crippen LogP contribution >= 0.6 is 0 Å². The maximum atomic E-state index is 11.3. The van der Waals surface area contributed by atoms with Crippen molar-refractivity contribution in [1.29, 1.82) is 0 Å². The lowest BCUT2D eigenvalue weighted by atomic mass is 9.96. The number of nitrogens with zero attached hydrogens (tertiary/aromatic N) is 2. The topological polar surface area (TPSA) is 139 Å². The molecule has 1 heterocycles. The first-order valence-corrected chi connectivity index (χ1v) is 4.70. The minimum Gasteiger partial charge on any atom is -0.481 e. The van der Waals surface area contributed by atoms with Gasteiger partial charge in [0.15, 0.2) is 5.60 Å². The van der Waals surface area contributed by atoms with Gasteiger partial charge in [0.1, 0.15) is 6.33 Å². The fourth-order valence-corrected chi connectivity index (χ4v) is 1.15. The Morgan fingerprint density at radius 1 is 1.28 bits per heavy atom. The van der Waals surface area contributed by atoms with E-state index in [-0.39, 0.29) is 0 Å². The van der Waals surface area contributed by atoms with Gasteiger partial charge in [0.25, 0.3) is 0 Å². The molecule has 0 radical (unpaired) electrons. The highest BCUT2D eigenvalue weighted by Gasteiger charge is 2.41. The van der Waals surface area contributed by atoms with E-state index in [1.54, 1.807) is 0 Å². The van der Waals surface area contributed by atoms with Gasteiger partial charge in [-0.1, -0.05) is 0 Å². The predicted octanol–water partition coefficient (Wildman–Crippen LogP) is -1.48. The molecule has 98 valence electrons. The molecule has 0 aliphatic carbocycles. The molecule has 0 fully saturated rings. The maximum absolute atomic E-state index is 11.3. The van der Waals surface area contributed by atoms with Gasteiger partial charge in [0.05, 0.1) is 19.0 Å². The average Bonchev–Trinajstić information content (AvgIpc) is 2.68. The van der Waals surface area contributed by atoms with Gasteiger partial charge in [0.2, 0.25) is 0 Å². The predicted molar refractivity (Wildman–Crippen MR) is 53.3 cm³/mol. The number of rotatable bonds is 6. The van der Waals surface area contributed by atoms with Gasteiger partial charge >= 0.3 is 17.9 Å². The van der Waals surface area contributed by atoms with Gasteiger partial charge in [-0.2, -0.15) is 4.73 Å². The summed E-state index contributed by atoms with van der Waals surface area (Å²) in [5, 5.41) is 26.7. The van der Waals surface area contributed by atoms with E-state index in [0.29, 0.717) is 0 Å². The Morgan fingerprint density at radius 2 is 1.94 bits per heavy atom. The fourth-order valence-electron chi connectivity index (χ4n) is 1.15. The second-order valence-corrected chi connectivity index (χ2v) is 3.47. The average molecular weight is 258 g/mol. The Hall–Kier alpha value is -2.42. The zero-order valence-electron chi connectivity index (χ0n) is 9.02. The zero-order valence-corrected chi connectivity index (χ0v) is 9.02. The minimum absolute atomic E-state index is 0.894. The Labute approximate surface area is 100 Å². The minimum atomic E-state index is -2.70. The lowest BCUT2D eigenvalue weighted by molar-refractivity contribution is -0.172. The van der Waals surface area contributed by atoms with E-state index in [2.05, 4.69) is 9.82 Å². The van der Waals surface area contributed by atoms with E-state index >= 15 is 0 Å². The number of carbonyl (C=O) groups excluding carboxylic acids is 1. The van der Waals surface area contributed by atoms with Gasteiger partial charge in [-0.05, 0) is 0 Å². The van der Waals surface area contributed by atoms with E-state index < -0.39 is 36.4 Å². The quantitative estimate of drug-likeness (QED) is 0.561. The van der Waals surface area contributed by atoms with Gasteiger partial charge in [-0.3, -0.25) is 4.79 Å². The third-order valence-corrected chi connectivity index (χ3v) is 1.97. The van der Waals surface area contributed by atoms with Crippen LogP contribution < -0.4 is 4.84 Å². The summed E-state index contributed by atoms with van der Waals surface area (Å²) in [5.41, 5.74) is -2.70. The highest BCUT2D eigenvalue weighted by molar-refractivity contribution is 5.88. The molecule has 0 aromatic carbocycles. The van der Waals surface area contributed by atoms with E-state index in [0.717, 1.165) is 11.1 Å². The van der Waals surface area contributed by atoms with Crippen molar-refractivity contribution >= 4 is 17.9 Å². The van der Waals surface area contributed by atoms with Crippen molar-refractivity contribution in [3.05, 3.63) is 18.7 Å². The van der Waals surface area contributed by atoms with Crippen molar-refractivity contribution in [2.45, 2.75) is 18.4 Å². The first-order chi connectivity index (χ1) is 8.33. The summed E-state index contributed by atoms with van der Waals surface area (Å²) in [6.07, 6.45) is 1.62. The summed E-state index contributed by atoms with van der Waals surface area (Å²) in [6, 6.07) is 0. The van der Waals surface area contributed by atoms with Crippen LogP contribution in [0.3, 0.4) is 0 Å². The first kappa shape index (κ1) is 13.6. The van der Waals surface area contributed by atoms with E-state index in [9.17, 15) is 19.5 Å². The van der Waals surface area contributed by atoms with Crippen molar-refractivity contribution in [2.24, 2.45) is 0 Å². The number of aliphatic hydroxyl groups is 1. The van der Waals surface area contributed by atoms with Crippen molar-refractivity contribution in [3.8, 4) is 0 Å². The molecule has 0 saturated carbocycles. The number of aliphatic carboxylic acids is 2. The summed E-state index contributed by atoms with van der Waals surface area (Å²) in [6.45, 7) is 0. The van der Waals surface area contributed by atoms with Crippen molar-refractivity contribution < 1.29 is 34.5 Å². The maximum Gasteiger partial charge on any atom is 0.336 e. The summed E-state index contributed by atoms with van der Waals surface area (Å²) in [4.78, 5) is 40.7. The normalized spacial score (nSPS) is 13.6. The van der Waals surface area contributed by atoms with Crippen LogP contribution in [0.4, 0.5) is 0 Å². The SMILES string of the molecule is O=C(O)CC(O)(CC(=O)On1ccnc1)C(=O)O. The molecule has 0 aliphatic heterocycles. The molecule has 1 atom stereocenters. The monoisotopic (exact) mass is 258 g/mol. The van der Waals surface area contributed by atoms with Crippen LogP contribution in [0.1, 0.15) is 12.8 Å². The Morgan fingerprint density at radius 3 is 2.39 bits per heavy atom. The molecule has 0 aliphatic rings. The molecule has 0 saturated heterocycles. The van der Waals surface area contributed by atoms with E-state index in [1.165, 1.54) is 12.4 Å². The van der Waals surface area contributed by atoms with Gasteiger partial charge in [-0.15, -0.1) is 0 Å². The first-order valence-electron chi connectivity index (χ1n) is 4.70. The van der Waals surface area contributed by atoms with Crippen LogP contribution in [-0.4, -0.2) is 48.5 Å².